The van der Waals surface area contributed by atoms with Gasteiger partial charge in [0.1, 0.15) is 16.7 Å². The van der Waals surface area contributed by atoms with Crippen molar-refractivity contribution in [3.05, 3.63) is 71.3 Å². The third-order valence-electron chi connectivity index (χ3n) is 5.49. The van der Waals surface area contributed by atoms with Gasteiger partial charge < -0.3 is 9.47 Å². The predicted octanol–water partition coefficient (Wildman–Crippen LogP) is 3.80. The first-order valence-electron chi connectivity index (χ1n) is 10.1. The SMILES string of the molecule is C=CCn1c(C)nc2c(c1=O)c1nc3ccccc3nc1n2-c1ccc(OC)c(OC)c1. The van der Waals surface area contributed by atoms with Crippen LogP contribution in [0.15, 0.2) is 59.9 Å². The van der Waals surface area contributed by atoms with Crippen molar-refractivity contribution in [1.29, 1.82) is 0 Å². The third-order valence-corrected chi connectivity index (χ3v) is 5.49. The maximum atomic E-state index is 13.5. The summed E-state index contributed by atoms with van der Waals surface area (Å²) in [6, 6.07) is 13.1. The fraction of sp³-hybridized carbons (Fsp3) is 0.167. The number of aryl methyl sites for hydroxylation is 1. The molecule has 5 rings (SSSR count). The van der Waals surface area contributed by atoms with Gasteiger partial charge in [-0.1, -0.05) is 18.2 Å². The number of hydrogen-bond donors (Lipinski definition) is 0. The van der Waals surface area contributed by atoms with E-state index in [1.165, 1.54) is 0 Å². The van der Waals surface area contributed by atoms with E-state index in [0.29, 0.717) is 51.6 Å². The lowest BCUT2D eigenvalue weighted by atomic mass is 10.2. The van der Waals surface area contributed by atoms with Gasteiger partial charge in [-0.3, -0.25) is 13.9 Å². The minimum atomic E-state index is -0.179. The Balaban J connectivity index is 1.98. The largest absolute Gasteiger partial charge is 0.493 e. The maximum Gasteiger partial charge on any atom is 0.265 e. The molecule has 32 heavy (non-hydrogen) atoms. The Morgan fingerprint density at radius 3 is 2.38 bits per heavy atom. The highest BCUT2D eigenvalue weighted by Crippen LogP contribution is 2.33. The van der Waals surface area contributed by atoms with Crippen molar-refractivity contribution in [2.75, 3.05) is 14.2 Å². The van der Waals surface area contributed by atoms with Gasteiger partial charge in [0.25, 0.3) is 5.56 Å². The highest BCUT2D eigenvalue weighted by molar-refractivity contribution is 6.05. The molecule has 0 atom stereocenters. The molecule has 0 amide bonds. The zero-order valence-corrected chi connectivity index (χ0v) is 18.0. The smallest absolute Gasteiger partial charge is 0.265 e. The Morgan fingerprint density at radius 2 is 1.69 bits per heavy atom. The first-order valence-corrected chi connectivity index (χ1v) is 10.1. The summed E-state index contributed by atoms with van der Waals surface area (Å²) in [6.07, 6.45) is 1.68. The topological polar surface area (TPSA) is 84.1 Å². The minimum absolute atomic E-state index is 0.179. The molecule has 2 aromatic carbocycles. The number of rotatable bonds is 5. The van der Waals surface area contributed by atoms with Gasteiger partial charge in [0.2, 0.25) is 0 Å². The Morgan fingerprint density at radius 1 is 0.969 bits per heavy atom. The molecule has 3 aromatic heterocycles. The predicted molar refractivity (Wildman–Crippen MR) is 124 cm³/mol. The highest BCUT2D eigenvalue weighted by atomic mass is 16.5. The summed E-state index contributed by atoms with van der Waals surface area (Å²) < 4.78 is 14.3. The quantitative estimate of drug-likeness (QED) is 0.397. The molecule has 8 heteroatoms. The van der Waals surface area contributed by atoms with Crippen LogP contribution in [0.5, 0.6) is 11.5 Å². The van der Waals surface area contributed by atoms with Crippen LogP contribution in [0.3, 0.4) is 0 Å². The van der Waals surface area contributed by atoms with E-state index in [2.05, 4.69) is 6.58 Å². The molecule has 0 spiro atoms. The number of aromatic nitrogens is 5. The normalized spacial score (nSPS) is 11.3. The number of para-hydroxylation sites is 2. The highest BCUT2D eigenvalue weighted by Gasteiger charge is 2.22. The van der Waals surface area contributed by atoms with E-state index in [-0.39, 0.29) is 5.56 Å². The molecule has 0 aliphatic heterocycles. The zero-order chi connectivity index (χ0) is 22.4. The average molecular weight is 427 g/mol. The molecule has 160 valence electrons. The molecule has 0 radical (unpaired) electrons. The first-order chi connectivity index (χ1) is 15.6. The summed E-state index contributed by atoms with van der Waals surface area (Å²) in [5.41, 5.74) is 3.54. The Hall–Kier alpha value is -4.20. The number of benzene rings is 2. The van der Waals surface area contributed by atoms with Gasteiger partial charge in [-0.25, -0.2) is 15.0 Å². The summed E-state index contributed by atoms with van der Waals surface area (Å²) >= 11 is 0. The monoisotopic (exact) mass is 427 g/mol. The van der Waals surface area contributed by atoms with Crippen LogP contribution in [-0.2, 0) is 6.54 Å². The summed E-state index contributed by atoms with van der Waals surface area (Å²) in [4.78, 5) is 27.9. The lowest BCUT2D eigenvalue weighted by Crippen LogP contribution is -2.23. The molecule has 0 saturated carbocycles. The summed E-state index contributed by atoms with van der Waals surface area (Å²) in [5, 5.41) is 0.417. The van der Waals surface area contributed by atoms with Crippen LogP contribution in [0.1, 0.15) is 5.82 Å². The zero-order valence-electron chi connectivity index (χ0n) is 18.0. The molecule has 3 heterocycles. The average Bonchev–Trinajstić information content (AvgIpc) is 3.12. The molecule has 0 aliphatic rings. The van der Waals surface area contributed by atoms with Crippen molar-refractivity contribution in [3.63, 3.8) is 0 Å². The lowest BCUT2D eigenvalue weighted by Gasteiger charge is -2.12. The Kier molecular flexibility index (Phi) is 4.62. The number of nitrogens with zero attached hydrogens (tertiary/aromatic N) is 5. The van der Waals surface area contributed by atoms with Crippen LogP contribution in [0, 0.1) is 6.92 Å². The lowest BCUT2D eigenvalue weighted by molar-refractivity contribution is 0.355. The van der Waals surface area contributed by atoms with Gasteiger partial charge >= 0.3 is 0 Å². The minimum Gasteiger partial charge on any atom is -0.493 e. The van der Waals surface area contributed by atoms with E-state index in [0.717, 1.165) is 11.2 Å². The van der Waals surface area contributed by atoms with E-state index in [4.69, 9.17) is 24.4 Å². The summed E-state index contributed by atoms with van der Waals surface area (Å²) in [7, 11) is 3.17. The van der Waals surface area contributed by atoms with E-state index in [1.54, 1.807) is 31.8 Å². The molecule has 8 nitrogen and oxygen atoms in total. The van der Waals surface area contributed by atoms with Gasteiger partial charge in [0.05, 0.1) is 30.9 Å². The molecule has 5 aromatic rings. The van der Waals surface area contributed by atoms with Crippen molar-refractivity contribution in [2.45, 2.75) is 13.5 Å². The van der Waals surface area contributed by atoms with Gasteiger partial charge in [0, 0.05) is 12.6 Å². The maximum absolute atomic E-state index is 13.5. The molecule has 0 saturated heterocycles. The van der Waals surface area contributed by atoms with Gasteiger partial charge in [-0.2, -0.15) is 0 Å². The number of allylic oxidation sites excluding steroid dienone is 1. The molecular formula is C24H21N5O3. The fourth-order valence-corrected chi connectivity index (χ4v) is 3.98. The Labute approximate surface area is 183 Å². The van der Waals surface area contributed by atoms with Crippen molar-refractivity contribution in [1.82, 2.24) is 24.1 Å². The van der Waals surface area contributed by atoms with Gasteiger partial charge in [-0.05, 0) is 31.2 Å². The molecule has 0 unspecified atom stereocenters. The van der Waals surface area contributed by atoms with Crippen molar-refractivity contribution in [2.24, 2.45) is 0 Å². The van der Waals surface area contributed by atoms with E-state index in [9.17, 15) is 4.79 Å². The third kappa shape index (κ3) is 2.84. The van der Waals surface area contributed by atoms with Crippen molar-refractivity contribution in [3.8, 4) is 17.2 Å². The number of fused-ring (bicyclic) bond motifs is 4. The van der Waals surface area contributed by atoms with Crippen molar-refractivity contribution >= 4 is 33.2 Å². The summed E-state index contributed by atoms with van der Waals surface area (Å²) in [5.74, 6) is 1.74. The number of ether oxygens (including phenoxy) is 2. The van der Waals surface area contributed by atoms with Crippen molar-refractivity contribution < 1.29 is 9.47 Å². The van der Waals surface area contributed by atoms with Crippen LogP contribution < -0.4 is 15.0 Å². The van der Waals surface area contributed by atoms with Crippen LogP contribution >= 0.6 is 0 Å². The number of hydrogen-bond acceptors (Lipinski definition) is 6. The van der Waals surface area contributed by atoms with Crippen LogP contribution in [-0.4, -0.2) is 38.3 Å². The van der Waals surface area contributed by atoms with E-state index < -0.39 is 0 Å². The molecule has 0 aliphatic carbocycles. The van der Waals surface area contributed by atoms with Crippen LogP contribution in [0.2, 0.25) is 0 Å². The summed E-state index contributed by atoms with van der Waals surface area (Å²) in [6.45, 7) is 5.93. The van der Waals surface area contributed by atoms with E-state index >= 15 is 0 Å². The second-order valence-corrected chi connectivity index (χ2v) is 7.32. The second kappa shape index (κ2) is 7.49. The molecular weight excluding hydrogens is 406 g/mol. The van der Waals surface area contributed by atoms with Gasteiger partial charge in [0.15, 0.2) is 22.8 Å². The fourth-order valence-electron chi connectivity index (χ4n) is 3.98. The molecule has 0 fully saturated rings. The first kappa shape index (κ1) is 19.7. The standard InChI is InChI=1S/C24H21N5O3/c1-5-12-28-14(2)25-22-20(24(28)30)21-23(27-17-9-7-6-8-16(17)26-21)29(22)15-10-11-18(31-3)19(13-15)32-4/h5-11,13H,1,12H2,2-4H3. The Bertz CT molecular complexity index is 1580. The number of methoxy groups -OCH3 is 2. The van der Waals surface area contributed by atoms with Crippen LogP contribution in [0.4, 0.5) is 0 Å². The van der Waals surface area contributed by atoms with Gasteiger partial charge in [-0.15, -0.1) is 6.58 Å². The second-order valence-electron chi connectivity index (χ2n) is 7.32. The van der Waals surface area contributed by atoms with Crippen LogP contribution in [0.25, 0.3) is 38.9 Å². The molecule has 0 bridgehead atoms. The molecule has 0 N–H and O–H groups in total. The van der Waals surface area contributed by atoms with E-state index in [1.807, 2.05) is 47.0 Å².